The van der Waals surface area contributed by atoms with E-state index >= 15 is 0 Å². The average molecular weight is 636 g/mol. The number of hydrazone groups is 1. The van der Waals surface area contributed by atoms with Gasteiger partial charge in [-0.3, -0.25) is 9.59 Å². The van der Waals surface area contributed by atoms with E-state index in [2.05, 4.69) is 54.4 Å². The number of nitrogens with zero attached hydrogens (tertiary/aromatic N) is 1. The number of rotatable bonds is 12. The zero-order valence-corrected chi connectivity index (χ0v) is 22.5. The molecule has 3 atom stereocenters. The highest BCUT2D eigenvalue weighted by Crippen LogP contribution is 2.44. The van der Waals surface area contributed by atoms with Gasteiger partial charge in [-0.05, 0) is 56.0 Å². The molecule has 182 valence electrons. The Kier molecular flexibility index (Phi) is 10.4. The van der Waals surface area contributed by atoms with Crippen molar-refractivity contribution in [1.29, 1.82) is 0 Å². The molecule has 1 aromatic carbocycles. The summed E-state index contributed by atoms with van der Waals surface area (Å²) in [4.78, 5) is 23.4. The van der Waals surface area contributed by atoms with Crippen LogP contribution >= 0.6 is 38.5 Å². The molecule has 0 aliphatic carbocycles. The predicted molar refractivity (Wildman–Crippen MR) is 138 cm³/mol. The van der Waals surface area contributed by atoms with E-state index in [0.717, 1.165) is 49.3 Å². The van der Waals surface area contributed by atoms with Crippen LogP contribution in [0.5, 0.6) is 5.75 Å². The van der Waals surface area contributed by atoms with Crippen molar-refractivity contribution in [2.75, 3.05) is 31.7 Å². The van der Waals surface area contributed by atoms with Gasteiger partial charge in [0.05, 0.1) is 47.3 Å². The number of carbonyl (C=O) groups excluding carboxylic acids is 2. The highest BCUT2D eigenvalue weighted by molar-refractivity contribution is 14.1. The Hall–Kier alpha value is -1.24. The van der Waals surface area contributed by atoms with Gasteiger partial charge >= 0.3 is 0 Å². The van der Waals surface area contributed by atoms with Crippen molar-refractivity contribution in [1.82, 2.24) is 10.7 Å². The van der Waals surface area contributed by atoms with E-state index in [1.165, 1.54) is 0 Å². The van der Waals surface area contributed by atoms with Crippen molar-refractivity contribution in [2.45, 2.75) is 54.7 Å². The highest BCUT2D eigenvalue weighted by atomic mass is 127. The summed E-state index contributed by atoms with van der Waals surface area (Å²) in [6.45, 7) is 4.55. The Balaban J connectivity index is 1.33. The number of hydrogen-bond acceptors (Lipinski definition) is 6. The molecule has 8 nitrogen and oxygen atoms in total. The average Bonchev–Trinajstić information content (AvgIpc) is 3.59. The van der Waals surface area contributed by atoms with Gasteiger partial charge in [0, 0.05) is 13.0 Å². The fourth-order valence-electron chi connectivity index (χ4n) is 3.59. The van der Waals surface area contributed by atoms with Crippen LogP contribution in [0, 0.1) is 0 Å². The number of carbonyl (C=O) groups is 2. The zero-order chi connectivity index (χ0) is 23.7. The summed E-state index contributed by atoms with van der Waals surface area (Å²) in [5, 5.41) is 7.40. The second kappa shape index (κ2) is 13.0. The summed E-state index contributed by atoms with van der Waals surface area (Å²) >= 11 is 5.48. The van der Waals surface area contributed by atoms with Gasteiger partial charge in [-0.2, -0.15) is 5.10 Å². The molecule has 1 spiro atoms. The van der Waals surface area contributed by atoms with E-state index in [1.807, 2.05) is 31.2 Å². The second-order valence-corrected chi connectivity index (χ2v) is 10.4. The van der Waals surface area contributed by atoms with Crippen LogP contribution in [-0.2, 0) is 19.1 Å². The van der Waals surface area contributed by atoms with E-state index in [-0.39, 0.29) is 29.9 Å². The summed E-state index contributed by atoms with van der Waals surface area (Å²) in [6, 6.07) is 7.65. The van der Waals surface area contributed by atoms with Crippen LogP contribution in [0.25, 0.3) is 0 Å². The van der Waals surface area contributed by atoms with Crippen LogP contribution in [0.1, 0.15) is 44.6 Å². The first kappa shape index (κ1) is 26.4. The molecule has 1 aromatic rings. The van der Waals surface area contributed by atoms with Gasteiger partial charge in [0.1, 0.15) is 11.4 Å². The summed E-state index contributed by atoms with van der Waals surface area (Å²) in [5.41, 5.74) is 4.19. The number of epoxide rings is 1. The minimum absolute atomic E-state index is 0.0129. The van der Waals surface area contributed by atoms with Crippen LogP contribution in [0.15, 0.2) is 29.4 Å². The third-order valence-electron chi connectivity index (χ3n) is 5.70. The molecular formula is C23H31BrIN3O5. The topological polar surface area (TPSA) is 102 Å². The minimum atomic E-state index is -0.159. The SMILES string of the molecule is C/C(=N\NC(=O)C[C@@H]1C[C@@]2(CO2)C(I)CO1)c1ccc(OCCCCCNC(=O)CBr)cc1. The van der Waals surface area contributed by atoms with Crippen LogP contribution in [0.4, 0.5) is 0 Å². The number of hydrogen-bond donors (Lipinski definition) is 2. The number of amides is 2. The lowest BCUT2D eigenvalue weighted by molar-refractivity contribution is -0.125. The molecule has 2 N–H and O–H groups in total. The fraction of sp³-hybridized carbons (Fsp3) is 0.609. The lowest BCUT2D eigenvalue weighted by Crippen LogP contribution is -2.42. The molecule has 0 saturated carbocycles. The lowest BCUT2D eigenvalue weighted by atomic mass is 9.94. The van der Waals surface area contributed by atoms with Crippen molar-refractivity contribution in [2.24, 2.45) is 5.10 Å². The third-order valence-corrected chi connectivity index (χ3v) is 7.71. The van der Waals surface area contributed by atoms with Crippen LogP contribution in [-0.4, -0.2) is 64.9 Å². The Morgan fingerprint density at radius 1 is 1.24 bits per heavy atom. The fourth-order valence-corrected chi connectivity index (χ4v) is 4.61. The van der Waals surface area contributed by atoms with E-state index in [9.17, 15) is 9.59 Å². The van der Waals surface area contributed by atoms with Crippen LogP contribution in [0.3, 0.4) is 0 Å². The first-order chi connectivity index (χ1) is 15.9. The van der Waals surface area contributed by atoms with Gasteiger partial charge in [0.15, 0.2) is 0 Å². The monoisotopic (exact) mass is 635 g/mol. The summed E-state index contributed by atoms with van der Waals surface area (Å²) in [7, 11) is 0. The molecule has 2 aliphatic rings. The van der Waals surface area contributed by atoms with Crippen molar-refractivity contribution in [3.05, 3.63) is 29.8 Å². The maximum atomic E-state index is 12.3. The maximum Gasteiger partial charge on any atom is 0.242 e. The molecule has 2 aliphatic heterocycles. The van der Waals surface area contributed by atoms with Gasteiger partial charge in [0.25, 0.3) is 0 Å². The third kappa shape index (κ3) is 8.48. The molecule has 2 saturated heterocycles. The van der Waals surface area contributed by atoms with Gasteiger partial charge in [-0.1, -0.05) is 38.5 Å². The van der Waals surface area contributed by atoms with Crippen molar-refractivity contribution < 1.29 is 23.8 Å². The van der Waals surface area contributed by atoms with E-state index in [4.69, 9.17) is 14.2 Å². The standard InChI is InChI=1S/C23H31BrIN3O5/c1-16(27-28-21(29)11-19-12-23(15-33-23)20(25)14-32-19)17-5-7-18(8-6-17)31-10-4-2-3-9-26-22(30)13-24/h5-8,19-20H,2-4,9-15H2,1H3,(H,26,30)(H,28,29)/b27-16+/t19-,20?,23-/m1/s1. The Labute approximate surface area is 216 Å². The largest absolute Gasteiger partial charge is 0.494 e. The number of nitrogens with one attached hydrogen (secondary N) is 2. The number of benzene rings is 1. The first-order valence-electron chi connectivity index (χ1n) is 11.2. The molecular weight excluding hydrogens is 605 g/mol. The molecule has 0 aromatic heterocycles. The molecule has 3 rings (SSSR count). The Bertz CT molecular complexity index is 832. The molecule has 0 bridgehead atoms. The van der Waals surface area contributed by atoms with Crippen molar-refractivity contribution >= 4 is 56.0 Å². The van der Waals surface area contributed by atoms with E-state index in [1.54, 1.807) is 0 Å². The Morgan fingerprint density at radius 2 is 2.00 bits per heavy atom. The summed E-state index contributed by atoms with van der Waals surface area (Å²) in [6.07, 6.45) is 3.76. The predicted octanol–water partition coefficient (Wildman–Crippen LogP) is 3.34. The molecule has 2 amide bonds. The molecule has 2 heterocycles. The number of unbranched alkanes of at least 4 members (excludes halogenated alkanes) is 2. The van der Waals surface area contributed by atoms with Crippen molar-refractivity contribution in [3.63, 3.8) is 0 Å². The number of halogens is 2. The molecule has 2 fully saturated rings. The van der Waals surface area contributed by atoms with Gasteiger partial charge < -0.3 is 19.5 Å². The van der Waals surface area contributed by atoms with E-state index < -0.39 is 0 Å². The van der Waals surface area contributed by atoms with Gasteiger partial charge in [-0.25, -0.2) is 5.43 Å². The number of ether oxygens (including phenoxy) is 3. The molecule has 1 unspecified atom stereocenters. The second-order valence-electron chi connectivity index (χ2n) is 8.33. The van der Waals surface area contributed by atoms with E-state index in [0.29, 0.717) is 29.0 Å². The van der Waals surface area contributed by atoms with Gasteiger partial charge in [0.2, 0.25) is 11.8 Å². The minimum Gasteiger partial charge on any atom is -0.494 e. The van der Waals surface area contributed by atoms with Gasteiger partial charge in [-0.15, -0.1) is 0 Å². The van der Waals surface area contributed by atoms with Crippen molar-refractivity contribution in [3.8, 4) is 5.75 Å². The normalized spacial score (nSPS) is 24.4. The zero-order valence-electron chi connectivity index (χ0n) is 18.8. The quantitative estimate of drug-likeness (QED) is 0.0917. The summed E-state index contributed by atoms with van der Waals surface area (Å²) in [5.74, 6) is 0.648. The first-order valence-corrected chi connectivity index (χ1v) is 13.6. The molecule has 33 heavy (non-hydrogen) atoms. The van der Waals surface area contributed by atoms with Crippen LogP contribution in [0.2, 0.25) is 0 Å². The smallest absolute Gasteiger partial charge is 0.242 e. The molecule has 0 radical (unpaired) electrons. The Morgan fingerprint density at radius 3 is 2.70 bits per heavy atom. The summed E-state index contributed by atoms with van der Waals surface area (Å²) < 4.78 is 17.5. The highest BCUT2D eigenvalue weighted by Gasteiger charge is 2.54. The maximum absolute atomic E-state index is 12.3. The molecule has 10 heteroatoms. The van der Waals surface area contributed by atoms with Crippen LogP contribution < -0.4 is 15.5 Å². The number of alkyl halides is 2. The lowest BCUT2D eigenvalue weighted by Gasteiger charge is -2.31.